The summed E-state index contributed by atoms with van der Waals surface area (Å²) in [5.41, 5.74) is 4.84. The Hall–Kier alpha value is -2.97. The van der Waals surface area contributed by atoms with Crippen molar-refractivity contribution in [1.82, 2.24) is 9.97 Å². The van der Waals surface area contributed by atoms with Gasteiger partial charge in [-0.05, 0) is 54.9 Å². The number of anilines is 1. The van der Waals surface area contributed by atoms with Crippen LogP contribution in [-0.4, -0.2) is 16.5 Å². The lowest BCUT2D eigenvalue weighted by Crippen LogP contribution is -2.26. The SMILES string of the molecule is Cc1c(CC#N)ccnc1-c1cccc(-c2cnc3c(c2Cl)[C@@]2(CCC(C)(C)C2)CN3)c1F. The first-order valence-corrected chi connectivity index (χ1v) is 11.7. The summed E-state index contributed by atoms with van der Waals surface area (Å²) in [5, 5.41) is 13.1. The monoisotopic (exact) mass is 460 g/mol. The Bertz CT molecular complexity index is 1310. The number of benzene rings is 1. The zero-order valence-electron chi connectivity index (χ0n) is 19.1. The fourth-order valence-electron chi connectivity index (χ4n) is 5.72. The Morgan fingerprint density at radius 1 is 1.15 bits per heavy atom. The van der Waals surface area contributed by atoms with Crippen LogP contribution in [0.15, 0.2) is 36.7 Å². The van der Waals surface area contributed by atoms with Gasteiger partial charge >= 0.3 is 0 Å². The summed E-state index contributed by atoms with van der Waals surface area (Å²) in [6.45, 7) is 7.29. The zero-order valence-corrected chi connectivity index (χ0v) is 19.9. The number of hydrogen-bond donors (Lipinski definition) is 1. The Morgan fingerprint density at radius 2 is 1.94 bits per heavy atom. The highest BCUT2D eigenvalue weighted by molar-refractivity contribution is 6.34. The molecule has 0 saturated heterocycles. The lowest BCUT2D eigenvalue weighted by molar-refractivity contribution is 0.347. The van der Waals surface area contributed by atoms with Gasteiger partial charge in [0.05, 0.1) is 23.2 Å². The maximum Gasteiger partial charge on any atom is 0.140 e. The molecule has 1 spiro atoms. The number of nitrogens with zero attached hydrogens (tertiary/aromatic N) is 3. The molecule has 5 rings (SSSR count). The molecule has 0 radical (unpaired) electrons. The van der Waals surface area contributed by atoms with Gasteiger partial charge in [-0.15, -0.1) is 0 Å². The topological polar surface area (TPSA) is 61.6 Å². The summed E-state index contributed by atoms with van der Waals surface area (Å²) in [4.78, 5) is 9.08. The predicted octanol–water partition coefficient (Wildman–Crippen LogP) is 6.85. The van der Waals surface area contributed by atoms with E-state index in [2.05, 4.69) is 35.2 Å². The van der Waals surface area contributed by atoms with Crippen molar-refractivity contribution >= 4 is 17.4 Å². The molecule has 1 N–H and O–H groups in total. The second-order valence-electron chi connectivity index (χ2n) is 10.1. The lowest BCUT2D eigenvalue weighted by Gasteiger charge is -2.27. The van der Waals surface area contributed by atoms with Gasteiger partial charge in [-0.1, -0.05) is 37.6 Å². The smallest absolute Gasteiger partial charge is 0.140 e. The van der Waals surface area contributed by atoms with Crippen molar-refractivity contribution in [2.45, 2.75) is 51.9 Å². The standard InChI is InChI=1S/C27H26ClFN4/c1-16-17(7-11-30)8-12-31-24(16)19-6-4-5-18(23(19)29)20-13-32-25-21(22(20)28)27(15-33-25)10-9-26(2,3)14-27/h4-6,8,12-13H,7,9-10,14-15H2,1-3H3,(H,32,33)/t27-/m1/s1. The Morgan fingerprint density at radius 3 is 2.67 bits per heavy atom. The van der Waals surface area contributed by atoms with E-state index in [4.69, 9.17) is 16.9 Å². The Balaban J connectivity index is 1.64. The highest BCUT2D eigenvalue weighted by Crippen LogP contribution is 2.57. The van der Waals surface area contributed by atoms with Gasteiger partial charge in [0.1, 0.15) is 11.6 Å². The second-order valence-corrected chi connectivity index (χ2v) is 10.5. The largest absolute Gasteiger partial charge is 0.369 e. The fraction of sp³-hybridized carbons (Fsp3) is 0.370. The minimum atomic E-state index is -0.377. The number of nitrogens with one attached hydrogen (secondary N) is 1. The summed E-state index contributed by atoms with van der Waals surface area (Å²) >= 11 is 7.02. The van der Waals surface area contributed by atoms with E-state index in [0.29, 0.717) is 27.4 Å². The van der Waals surface area contributed by atoms with Crippen LogP contribution in [0.4, 0.5) is 10.2 Å². The molecule has 33 heavy (non-hydrogen) atoms. The molecule has 0 amide bonds. The molecule has 2 aromatic heterocycles. The minimum Gasteiger partial charge on any atom is -0.369 e. The van der Waals surface area contributed by atoms with Crippen molar-refractivity contribution in [2.75, 3.05) is 11.9 Å². The van der Waals surface area contributed by atoms with E-state index >= 15 is 4.39 Å². The minimum absolute atomic E-state index is 0.0587. The van der Waals surface area contributed by atoms with E-state index in [0.717, 1.165) is 48.3 Å². The van der Waals surface area contributed by atoms with E-state index < -0.39 is 0 Å². The van der Waals surface area contributed by atoms with Gasteiger partial charge in [-0.2, -0.15) is 5.26 Å². The highest BCUT2D eigenvalue weighted by atomic mass is 35.5. The third kappa shape index (κ3) is 3.48. The van der Waals surface area contributed by atoms with Gasteiger partial charge in [-0.3, -0.25) is 4.98 Å². The van der Waals surface area contributed by atoms with E-state index in [9.17, 15) is 0 Å². The van der Waals surface area contributed by atoms with Crippen molar-refractivity contribution in [2.24, 2.45) is 5.41 Å². The first-order chi connectivity index (χ1) is 15.8. The molecule has 2 aliphatic rings. The van der Waals surface area contributed by atoms with Crippen LogP contribution in [0.3, 0.4) is 0 Å². The average Bonchev–Trinajstić information content (AvgIpc) is 3.30. The summed E-state index contributed by atoms with van der Waals surface area (Å²) in [5.74, 6) is 0.442. The van der Waals surface area contributed by atoms with Crippen molar-refractivity contribution < 1.29 is 4.39 Å². The van der Waals surface area contributed by atoms with Gasteiger partial charge in [-0.25, -0.2) is 9.37 Å². The molecule has 168 valence electrons. The average molecular weight is 461 g/mol. The number of rotatable bonds is 3. The summed E-state index contributed by atoms with van der Waals surface area (Å²) in [6.07, 6.45) is 6.76. The van der Waals surface area contributed by atoms with E-state index in [1.54, 1.807) is 30.6 Å². The molecule has 1 aliphatic carbocycles. The first-order valence-electron chi connectivity index (χ1n) is 11.3. The van der Waals surface area contributed by atoms with Crippen LogP contribution in [0.2, 0.25) is 5.02 Å². The third-order valence-electron chi connectivity index (χ3n) is 7.37. The molecule has 4 nitrogen and oxygen atoms in total. The van der Waals surface area contributed by atoms with Gasteiger partial charge in [0.15, 0.2) is 0 Å². The molecule has 1 atom stereocenters. The van der Waals surface area contributed by atoms with Crippen LogP contribution in [0.1, 0.15) is 49.8 Å². The maximum absolute atomic E-state index is 16.0. The Kier molecular flexibility index (Phi) is 5.17. The molecular weight excluding hydrogens is 435 g/mol. The van der Waals surface area contributed by atoms with Gasteiger partial charge in [0.25, 0.3) is 0 Å². The molecular formula is C27H26ClFN4. The third-order valence-corrected chi connectivity index (χ3v) is 7.76. The van der Waals surface area contributed by atoms with Crippen molar-refractivity contribution in [3.8, 4) is 28.5 Å². The quantitative estimate of drug-likeness (QED) is 0.464. The van der Waals surface area contributed by atoms with E-state index in [1.165, 1.54) is 0 Å². The molecule has 1 fully saturated rings. The van der Waals surface area contributed by atoms with Crippen LogP contribution < -0.4 is 5.32 Å². The highest BCUT2D eigenvalue weighted by Gasteiger charge is 2.50. The number of hydrogen-bond acceptors (Lipinski definition) is 4. The van der Waals surface area contributed by atoms with Crippen LogP contribution >= 0.6 is 11.6 Å². The molecule has 1 aliphatic heterocycles. The molecule has 0 bridgehead atoms. The van der Waals surface area contributed by atoms with Crippen LogP contribution in [0.25, 0.3) is 22.4 Å². The van der Waals surface area contributed by atoms with Gasteiger partial charge < -0.3 is 5.32 Å². The summed E-state index contributed by atoms with van der Waals surface area (Å²) in [6, 6.07) is 9.26. The number of fused-ring (bicyclic) bond motifs is 2. The second kappa shape index (κ2) is 7.81. The molecule has 3 heterocycles. The fourth-order valence-corrected chi connectivity index (χ4v) is 6.16. The molecule has 6 heteroatoms. The molecule has 1 saturated carbocycles. The first kappa shape index (κ1) is 21.9. The Labute approximate surface area is 198 Å². The van der Waals surface area contributed by atoms with Crippen molar-refractivity contribution in [3.63, 3.8) is 0 Å². The predicted molar refractivity (Wildman–Crippen MR) is 130 cm³/mol. The van der Waals surface area contributed by atoms with Crippen LogP contribution in [0.5, 0.6) is 0 Å². The zero-order chi connectivity index (χ0) is 23.4. The lowest BCUT2D eigenvalue weighted by atomic mass is 9.77. The van der Waals surface area contributed by atoms with Gasteiger partial charge in [0, 0.05) is 46.6 Å². The number of pyridine rings is 2. The molecule has 1 aromatic carbocycles. The van der Waals surface area contributed by atoms with E-state index in [-0.39, 0.29) is 23.1 Å². The van der Waals surface area contributed by atoms with E-state index in [1.807, 2.05) is 13.0 Å². The van der Waals surface area contributed by atoms with Crippen LogP contribution in [-0.2, 0) is 11.8 Å². The number of nitriles is 1. The molecule has 0 unspecified atom stereocenters. The number of aromatic nitrogens is 2. The molecule has 3 aromatic rings. The maximum atomic E-state index is 16.0. The van der Waals surface area contributed by atoms with Gasteiger partial charge in [0.2, 0.25) is 0 Å². The van der Waals surface area contributed by atoms with Crippen molar-refractivity contribution in [1.29, 1.82) is 5.26 Å². The van der Waals surface area contributed by atoms with Crippen LogP contribution in [0, 0.1) is 29.5 Å². The summed E-state index contributed by atoms with van der Waals surface area (Å²) in [7, 11) is 0. The number of halogens is 2. The summed E-state index contributed by atoms with van der Waals surface area (Å²) < 4.78 is 16.0. The van der Waals surface area contributed by atoms with Crippen molar-refractivity contribution in [3.05, 3.63) is 64.2 Å². The normalized spacial score (nSPS) is 20.5.